The summed E-state index contributed by atoms with van der Waals surface area (Å²) < 4.78 is 6.96. The van der Waals surface area contributed by atoms with Gasteiger partial charge < -0.3 is 9.30 Å². The Labute approximate surface area is 213 Å². The van der Waals surface area contributed by atoms with E-state index in [2.05, 4.69) is 17.0 Å². The third kappa shape index (κ3) is 4.33. The Hall–Kier alpha value is -4.53. The van der Waals surface area contributed by atoms with Crippen molar-refractivity contribution in [3.05, 3.63) is 94.2 Å². The molecule has 1 N–H and O–H groups in total. The Balaban J connectivity index is 1.64. The monoisotopic (exact) mass is 498 g/mol. The van der Waals surface area contributed by atoms with Crippen LogP contribution in [0.15, 0.2) is 77.5 Å². The molecule has 5 rings (SSSR count). The largest absolute Gasteiger partial charge is 0.497 e. The van der Waals surface area contributed by atoms with Gasteiger partial charge in [-0.05, 0) is 49.2 Å². The number of ketones is 1. The molecule has 1 aliphatic heterocycles. The minimum Gasteiger partial charge on any atom is -0.497 e. The van der Waals surface area contributed by atoms with Gasteiger partial charge in [0.15, 0.2) is 5.78 Å². The van der Waals surface area contributed by atoms with Gasteiger partial charge in [0.05, 0.1) is 18.3 Å². The van der Waals surface area contributed by atoms with Crippen molar-refractivity contribution in [2.75, 3.05) is 7.11 Å². The van der Waals surface area contributed by atoms with Crippen molar-refractivity contribution in [3.63, 3.8) is 0 Å². The lowest BCUT2D eigenvalue weighted by atomic mass is 9.77. The first-order chi connectivity index (χ1) is 17.9. The summed E-state index contributed by atoms with van der Waals surface area (Å²) >= 11 is 0. The number of carbonyl (C=O) groups excluding carboxylic acids is 3. The van der Waals surface area contributed by atoms with Gasteiger partial charge in [-0.25, -0.2) is 5.01 Å². The average molecular weight is 499 g/mol. The van der Waals surface area contributed by atoms with Gasteiger partial charge in [-0.3, -0.25) is 29.6 Å². The molecule has 2 aliphatic rings. The summed E-state index contributed by atoms with van der Waals surface area (Å²) in [6, 6.07) is 10.2. The standard InChI is InChI=1S/C28H26N4O5/c1-3-13-31-22-8-7-19(37-2)14-18(22)15-21(28(31)36)20-16-25(34)32(23-5-4-6-24(33)26(20)23)30-27(35)17-9-11-29-12-10-17/h3,7-12,14-15,20H,1,4-6,13,16H2,2H3,(H,30,35). The van der Waals surface area contributed by atoms with E-state index >= 15 is 0 Å². The predicted molar refractivity (Wildman–Crippen MR) is 137 cm³/mol. The first-order valence-electron chi connectivity index (χ1n) is 12.1. The summed E-state index contributed by atoms with van der Waals surface area (Å²) in [5, 5.41) is 1.94. The van der Waals surface area contributed by atoms with Crippen LogP contribution in [0.4, 0.5) is 0 Å². The van der Waals surface area contributed by atoms with Crippen LogP contribution in [-0.2, 0) is 16.1 Å². The summed E-state index contributed by atoms with van der Waals surface area (Å²) in [6.45, 7) is 4.05. The summed E-state index contributed by atoms with van der Waals surface area (Å²) in [5.41, 5.74) is 4.63. The highest BCUT2D eigenvalue weighted by Crippen LogP contribution is 2.41. The Morgan fingerprint density at radius 3 is 2.68 bits per heavy atom. The highest BCUT2D eigenvalue weighted by molar-refractivity contribution is 6.03. The minimum atomic E-state index is -0.719. The molecule has 0 saturated carbocycles. The van der Waals surface area contributed by atoms with Crippen molar-refractivity contribution in [1.82, 2.24) is 20.0 Å². The zero-order valence-electron chi connectivity index (χ0n) is 20.4. The second kappa shape index (κ2) is 9.85. The number of ether oxygens (including phenoxy) is 1. The molecule has 1 aromatic carbocycles. The number of aromatic nitrogens is 2. The van der Waals surface area contributed by atoms with Gasteiger partial charge in [0.25, 0.3) is 11.5 Å². The van der Waals surface area contributed by atoms with Crippen LogP contribution < -0.4 is 15.7 Å². The van der Waals surface area contributed by atoms with Gasteiger partial charge >= 0.3 is 0 Å². The van der Waals surface area contributed by atoms with E-state index in [9.17, 15) is 19.2 Å². The Morgan fingerprint density at radius 1 is 1.16 bits per heavy atom. The molecule has 37 heavy (non-hydrogen) atoms. The number of hydrogen-bond donors (Lipinski definition) is 1. The maximum absolute atomic E-state index is 13.7. The number of allylic oxidation sites excluding steroid dienone is 3. The number of benzene rings is 1. The van der Waals surface area contributed by atoms with Crippen LogP contribution in [0, 0.1) is 0 Å². The number of rotatable bonds is 6. The highest BCUT2D eigenvalue weighted by atomic mass is 16.5. The van der Waals surface area contributed by atoms with Crippen LogP contribution in [0.2, 0.25) is 0 Å². The van der Waals surface area contributed by atoms with E-state index in [1.807, 2.05) is 12.1 Å². The number of nitrogens with one attached hydrogen (secondary N) is 1. The number of nitrogens with zero attached hydrogens (tertiary/aromatic N) is 3. The normalized spacial score (nSPS) is 17.5. The topological polar surface area (TPSA) is 111 Å². The van der Waals surface area contributed by atoms with E-state index in [4.69, 9.17) is 4.74 Å². The van der Waals surface area contributed by atoms with Gasteiger partial charge in [-0.2, -0.15) is 0 Å². The van der Waals surface area contributed by atoms with E-state index in [0.29, 0.717) is 52.9 Å². The third-order valence-electron chi connectivity index (χ3n) is 6.85. The molecule has 0 fully saturated rings. The van der Waals surface area contributed by atoms with Gasteiger partial charge in [0.1, 0.15) is 5.75 Å². The number of fused-ring (bicyclic) bond motifs is 1. The summed E-state index contributed by atoms with van der Waals surface area (Å²) in [4.78, 5) is 57.1. The van der Waals surface area contributed by atoms with Crippen molar-refractivity contribution in [3.8, 4) is 5.75 Å². The summed E-state index contributed by atoms with van der Waals surface area (Å²) in [6.07, 6.45) is 5.78. The van der Waals surface area contributed by atoms with Crippen molar-refractivity contribution in [2.45, 2.75) is 38.1 Å². The number of Topliss-reactive ketones (excluding diaryl/α,β-unsaturated/α-hetero) is 1. The first kappa shape index (κ1) is 24.2. The molecule has 0 spiro atoms. The lowest BCUT2D eigenvalue weighted by Gasteiger charge is -2.38. The lowest BCUT2D eigenvalue weighted by Crippen LogP contribution is -2.50. The number of carbonyl (C=O) groups is 3. The number of methoxy groups -OCH3 is 1. The van der Waals surface area contributed by atoms with Crippen LogP contribution in [-0.4, -0.2) is 39.3 Å². The summed E-state index contributed by atoms with van der Waals surface area (Å²) in [7, 11) is 1.56. The second-order valence-corrected chi connectivity index (χ2v) is 9.03. The molecule has 3 aromatic rings. The molecule has 2 aromatic heterocycles. The highest BCUT2D eigenvalue weighted by Gasteiger charge is 2.41. The molecule has 0 saturated heterocycles. The molecule has 9 nitrogen and oxygen atoms in total. The van der Waals surface area contributed by atoms with Crippen molar-refractivity contribution < 1.29 is 19.1 Å². The number of amides is 2. The maximum atomic E-state index is 13.7. The third-order valence-corrected chi connectivity index (χ3v) is 6.85. The fourth-order valence-electron chi connectivity index (χ4n) is 5.13. The second-order valence-electron chi connectivity index (χ2n) is 9.03. The Bertz CT molecular complexity index is 1520. The molecule has 0 radical (unpaired) electrons. The van der Waals surface area contributed by atoms with Crippen molar-refractivity contribution in [2.24, 2.45) is 0 Å². The molecule has 1 unspecified atom stereocenters. The van der Waals surface area contributed by atoms with Gasteiger partial charge in [-0.1, -0.05) is 6.08 Å². The van der Waals surface area contributed by atoms with E-state index in [1.54, 1.807) is 42.0 Å². The van der Waals surface area contributed by atoms with Crippen LogP contribution in [0.25, 0.3) is 10.9 Å². The zero-order valence-corrected chi connectivity index (χ0v) is 20.4. The number of hydrazine groups is 1. The van der Waals surface area contributed by atoms with E-state index in [-0.39, 0.29) is 30.2 Å². The van der Waals surface area contributed by atoms with Crippen LogP contribution in [0.1, 0.15) is 47.5 Å². The molecule has 0 bridgehead atoms. The van der Waals surface area contributed by atoms with Gasteiger partial charge in [-0.15, -0.1) is 6.58 Å². The maximum Gasteiger partial charge on any atom is 0.270 e. The molecule has 2 amide bonds. The predicted octanol–water partition coefficient (Wildman–Crippen LogP) is 3.26. The molecule has 3 heterocycles. The first-order valence-corrected chi connectivity index (χ1v) is 12.1. The van der Waals surface area contributed by atoms with E-state index in [0.717, 1.165) is 5.39 Å². The van der Waals surface area contributed by atoms with E-state index in [1.165, 1.54) is 17.4 Å². The van der Waals surface area contributed by atoms with E-state index < -0.39 is 11.8 Å². The van der Waals surface area contributed by atoms with Gasteiger partial charge in [0, 0.05) is 59.8 Å². The average Bonchev–Trinajstić information content (AvgIpc) is 2.91. The van der Waals surface area contributed by atoms with Crippen LogP contribution in [0.5, 0.6) is 5.75 Å². The number of pyridine rings is 2. The SMILES string of the molecule is C=CCn1c(=O)c(C2CC(=O)N(NC(=O)c3ccncc3)C3=C2C(=O)CCC3)cc2cc(OC)ccc21. The molecule has 188 valence electrons. The molecule has 1 atom stereocenters. The lowest BCUT2D eigenvalue weighted by molar-refractivity contribution is -0.133. The van der Waals surface area contributed by atoms with Crippen molar-refractivity contribution in [1.29, 1.82) is 0 Å². The number of hydrogen-bond acceptors (Lipinski definition) is 6. The van der Waals surface area contributed by atoms with Crippen molar-refractivity contribution >= 4 is 28.5 Å². The molecule has 1 aliphatic carbocycles. The molecule has 9 heteroatoms. The fourth-order valence-corrected chi connectivity index (χ4v) is 5.13. The van der Waals surface area contributed by atoms with Crippen LogP contribution >= 0.6 is 0 Å². The quantitative estimate of drug-likeness (QED) is 0.523. The van der Waals surface area contributed by atoms with Crippen LogP contribution in [0.3, 0.4) is 0 Å². The van der Waals surface area contributed by atoms with Gasteiger partial charge in [0.2, 0.25) is 5.91 Å². The Morgan fingerprint density at radius 2 is 1.95 bits per heavy atom. The fraction of sp³-hybridized carbons (Fsp3) is 0.250. The summed E-state index contributed by atoms with van der Waals surface area (Å²) in [5.74, 6) is -1.09. The molecular formula is C28H26N4O5. The minimum absolute atomic E-state index is 0.123. The molecular weight excluding hydrogens is 472 g/mol. The smallest absolute Gasteiger partial charge is 0.270 e. The zero-order chi connectivity index (χ0) is 26.1. The Kier molecular flexibility index (Phi) is 6.43.